The van der Waals surface area contributed by atoms with Gasteiger partial charge in [0, 0.05) is 25.0 Å². The zero-order valence-electron chi connectivity index (χ0n) is 10.3. The molecule has 0 saturated carbocycles. The molecule has 0 amide bonds. The van der Waals surface area contributed by atoms with E-state index in [1.807, 2.05) is 12.1 Å². The van der Waals surface area contributed by atoms with Crippen molar-refractivity contribution in [1.29, 1.82) is 0 Å². The van der Waals surface area contributed by atoms with Gasteiger partial charge in [0.2, 0.25) is 5.88 Å². The Labute approximate surface area is 106 Å². The Morgan fingerprint density at radius 3 is 2.72 bits per heavy atom. The van der Waals surface area contributed by atoms with E-state index in [4.69, 9.17) is 10.5 Å². The highest BCUT2D eigenvalue weighted by molar-refractivity contribution is 5.61. The number of nitrogens with two attached hydrogens (primary N) is 1. The van der Waals surface area contributed by atoms with E-state index in [0.29, 0.717) is 17.4 Å². The number of pyridine rings is 2. The van der Waals surface area contributed by atoms with Crippen LogP contribution in [0.3, 0.4) is 0 Å². The molecule has 2 heterocycles. The summed E-state index contributed by atoms with van der Waals surface area (Å²) in [6.07, 6.45) is 4.46. The molecule has 0 bridgehead atoms. The zero-order chi connectivity index (χ0) is 12.8. The highest BCUT2D eigenvalue weighted by Gasteiger charge is 2.02. The Morgan fingerprint density at radius 2 is 2.00 bits per heavy atom. The molecule has 0 spiro atoms. The number of anilines is 2. The molecule has 0 fully saturated rings. The number of hydrogen-bond acceptors (Lipinski definition) is 5. The first-order valence-electron chi connectivity index (χ1n) is 5.73. The molecule has 0 aliphatic carbocycles. The third-order valence-corrected chi connectivity index (χ3v) is 2.57. The van der Waals surface area contributed by atoms with E-state index < -0.39 is 0 Å². The normalized spacial score (nSPS) is 10.1. The predicted molar refractivity (Wildman–Crippen MR) is 71.6 cm³/mol. The summed E-state index contributed by atoms with van der Waals surface area (Å²) < 4.78 is 5.06. The molecule has 0 unspecified atom stereocenters. The second-order valence-electron chi connectivity index (χ2n) is 3.82. The van der Waals surface area contributed by atoms with Gasteiger partial charge in [-0.3, -0.25) is 4.98 Å². The first-order chi connectivity index (χ1) is 8.79. The topological polar surface area (TPSA) is 73.1 Å². The van der Waals surface area contributed by atoms with Crippen LogP contribution in [0, 0.1) is 0 Å². The quantitative estimate of drug-likeness (QED) is 0.837. The van der Waals surface area contributed by atoms with E-state index in [1.54, 1.807) is 31.6 Å². The summed E-state index contributed by atoms with van der Waals surface area (Å²) >= 11 is 0. The highest BCUT2D eigenvalue weighted by atomic mass is 16.5. The highest BCUT2D eigenvalue weighted by Crippen LogP contribution is 2.19. The van der Waals surface area contributed by atoms with Gasteiger partial charge in [-0.2, -0.15) is 4.98 Å². The fourth-order valence-corrected chi connectivity index (χ4v) is 1.58. The lowest BCUT2D eigenvalue weighted by atomic mass is 10.2. The van der Waals surface area contributed by atoms with E-state index in [1.165, 1.54) is 5.56 Å². The largest absolute Gasteiger partial charge is 0.481 e. The van der Waals surface area contributed by atoms with Crippen LogP contribution in [-0.4, -0.2) is 23.6 Å². The van der Waals surface area contributed by atoms with E-state index in [0.717, 1.165) is 13.0 Å². The molecule has 18 heavy (non-hydrogen) atoms. The van der Waals surface area contributed by atoms with E-state index >= 15 is 0 Å². The lowest BCUT2D eigenvalue weighted by molar-refractivity contribution is 0.398. The summed E-state index contributed by atoms with van der Waals surface area (Å²) in [6.45, 7) is 0.758. The third kappa shape index (κ3) is 3.10. The lowest BCUT2D eigenvalue weighted by Gasteiger charge is -2.09. The van der Waals surface area contributed by atoms with Gasteiger partial charge in [0.05, 0.1) is 12.8 Å². The minimum atomic E-state index is 0.551. The van der Waals surface area contributed by atoms with Crippen molar-refractivity contribution < 1.29 is 4.74 Å². The maximum absolute atomic E-state index is 5.83. The van der Waals surface area contributed by atoms with Crippen molar-refractivity contribution in [2.45, 2.75) is 6.42 Å². The SMILES string of the molecule is COc1ccc(N)c(NCCc2ccncc2)n1. The van der Waals surface area contributed by atoms with Crippen molar-refractivity contribution in [1.82, 2.24) is 9.97 Å². The standard InChI is InChI=1S/C13H16N4O/c1-18-12-3-2-11(14)13(17-12)16-9-6-10-4-7-15-8-5-10/h2-5,7-8H,6,9,14H2,1H3,(H,16,17). The molecule has 3 N–H and O–H groups in total. The van der Waals surface area contributed by atoms with Gasteiger partial charge in [0.25, 0.3) is 0 Å². The number of nitrogens with zero attached hydrogens (tertiary/aromatic N) is 2. The number of aromatic nitrogens is 2. The monoisotopic (exact) mass is 244 g/mol. The molecule has 94 valence electrons. The molecule has 0 aliphatic heterocycles. The molecular weight excluding hydrogens is 228 g/mol. The second-order valence-corrected chi connectivity index (χ2v) is 3.82. The summed E-state index contributed by atoms with van der Waals surface area (Å²) in [7, 11) is 1.58. The Bertz CT molecular complexity index is 502. The Kier molecular flexibility index (Phi) is 3.96. The number of ether oxygens (including phenoxy) is 1. The average Bonchev–Trinajstić information content (AvgIpc) is 2.42. The van der Waals surface area contributed by atoms with Gasteiger partial charge in [0.15, 0.2) is 5.82 Å². The van der Waals surface area contributed by atoms with Gasteiger partial charge >= 0.3 is 0 Å². The lowest BCUT2D eigenvalue weighted by Crippen LogP contribution is -2.09. The number of rotatable bonds is 5. The van der Waals surface area contributed by atoms with Crippen LogP contribution in [0.1, 0.15) is 5.56 Å². The van der Waals surface area contributed by atoms with Gasteiger partial charge < -0.3 is 15.8 Å². The minimum absolute atomic E-state index is 0.551. The van der Waals surface area contributed by atoms with Crippen LogP contribution in [-0.2, 0) is 6.42 Å². The van der Waals surface area contributed by atoms with Crippen LogP contribution in [0.4, 0.5) is 11.5 Å². The first kappa shape index (κ1) is 12.2. The van der Waals surface area contributed by atoms with Crippen LogP contribution < -0.4 is 15.8 Å². The van der Waals surface area contributed by atoms with Crippen molar-refractivity contribution in [2.75, 3.05) is 24.7 Å². The van der Waals surface area contributed by atoms with Crippen molar-refractivity contribution >= 4 is 11.5 Å². The number of hydrogen-bond donors (Lipinski definition) is 2. The van der Waals surface area contributed by atoms with E-state index in [9.17, 15) is 0 Å². The molecule has 2 aromatic rings. The minimum Gasteiger partial charge on any atom is -0.481 e. The Morgan fingerprint density at radius 1 is 1.22 bits per heavy atom. The zero-order valence-corrected chi connectivity index (χ0v) is 10.3. The van der Waals surface area contributed by atoms with Crippen LogP contribution in [0.5, 0.6) is 5.88 Å². The smallest absolute Gasteiger partial charge is 0.215 e. The summed E-state index contributed by atoms with van der Waals surface area (Å²) in [5.41, 5.74) is 7.67. The van der Waals surface area contributed by atoms with Crippen molar-refractivity contribution in [3.63, 3.8) is 0 Å². The maximum atomic E-state index is 5.83. The summed E-state index contributed by atoms with van der Waals surface area (Å²) in [5.74, 6) is 1.21. The Balaban J connectivity index is 1.94. The van der Waals surface area contributed by atoms with Gasteiger partial charge in [-0.05, 0) is 30.2 Å². The Hall–Kier alpha value is -2.30. The fraction of sp³-hybridized carbons (Fsp3) is 0.231. The summed E-state index contributed by atoms with van der Waals surface area (Å²) in [6, 6.07) is 7.50. The molecule has 0 aromatic carbocycles. The van der Waals surface area contributed by atoms with E-state index in [-0.39, 0.29) is 0 Å². The molecule has 2 aromatic heterocycles. The van der Waals surface area contributed by atoms with Crippen LogP contribution in [0.25, 0.3) is 0 Å². The van der Waals surface area contributed by atoms with Crippen LogP contribution >= 0.6 is 0 Å². The van der Waals surface area contributed by atoms with Crippen molar-refractivity contribution in [2.24, 2.45) is 0 Å². The molecule has 0 atom stereocenters. The van der Waals surface area contributed by atoms with Crippen molar-refractivity contribution in [3.05, 3.63) is 42.2 Å². The average molecular weight is 244 g/mol. The number of methoxy groups -OCH3 is 1. The van der Waals surface area contributed by atoms with Gasteiger partial charge in [0.1, 0.15) is 0 Å². The fourth-order valence-electron chi connectivity index (χ4n) is 1.58. The number of nitrogens with one attached hydrogen (secondary N) is 1. The molecule has 0 aliphatic rings. The predicted octanol–water partition coefficient (Wildman–Crippen LogP) is 1.72. The molecular formula is C13H16N4O. The van der Waals surface area contributed by atoms with Crippen LogP contribution in [0.2, 0.25) is 0 Å². The molecule has 5 heteroatoms. The molecule has 2 rings (SSSR count). The van der Waals surface area contributed by atoms with Crippen LogP contribution in [0.15, 0.2) is 36.7 Å². The van der Waals surface area contributed by atoms with E-state index in [2.05, 4.69) is 15.3 Å². The third-order valence-electron chi connectivity index (χ3n) is 2.57. The summed E-state index contributed by atoms with van der Waals surface area (Å²) in [5, 5.41) is 3.20. The van der Waals surface area contributed by atoms with Gasteiger partial charge in [-0.15, -0.1) is 0 Å². The molecule has 0 saturated heterocycles. The first-order valence-corrected chi connectivity index (χ1v) is 5.73. The second kappa shape index (κ2) is 5.86. The molecule has 0 radical (unpaired) electrons. The van der Waals surface area contributed by atoms with Crippen molar-refractivity contribution in [3.8, 4) is 5.88 Å². The summed E-state index contributed by atoms with van der Waals surface area (Å²) in [4.78, 5) is 8.23. The van der Waals surface area contributed by atoms with Gasteiger partial charge in [-0.25, -0.2) is 0 Å². The maximum Gasteiger partial charge on any atom is 0.215 e. The number of nitrogen functional groups attached to an aromatic ring is 1. The van der Waals surface area contributed by atoms with Gasteiger partial charge in [-0.1, -0.05) is 0 Å². The molecule has 5 nitrogen and oxygen atoms in total.